The molecule has 0 radical (unpaired) electrons. The lowest BCUT2D eigenvalue weighted by Crippen LogP contribution is -2.24. The highest BCUT2D eigenvalue weighted by Crippen LogP contribution is 2.43. The van der Waals surface area contributed by atoms with Gasteiger partial charge in [-0.25, -0.2) is 4.68 Å². The molecule has 3 nitrogen and oxygen atoms in total. The highest BCUT2D eigenvalue weighted by molar-refractivity contribution is 7.50. The van der Waals surface area contributed by atoms with Crippen molar-refractivity contribution in [3.05, 3.63) is 71.5 Å². The Morgan fingerprint density at radius 1 is 1.24 bits per heavy atom. The molecule has 2 atom stereocenters. The van der Waals surface area contributed by atoms with E-state index in [1.54, 1.807) is 16.9 Å². The summed E-state index contributed by atoms with van der Waals surface area (Å²) in [5.74, 6) is 0.866. The zero-order valence-electron chi connectivity index (χ0n) is 13.1. The Hall–Kier alpha value is -2.33. The van der Waals surface area contributed by atoms with Crippen LogP contribution < -0.4 is 5.32 Å². The lowest BCUT2D eigenvalue weighted by Gasteiger charge is -2.26. The standard InChI is InChI=1S/C18H15F3N3P/c19-18(20,21)13-4-1-3-12(11-13)17-14(5-2-10-25-17)15-7-9-24-16(23-15)6-8-22-24/h1-9,11,15,23,25H,10H2. The molecule has 2 aromatic rings. The van der Waals surface area contributed by atoms with Crippen LogP contribution in [0, 0.1) is 0 Å². The molecule has 0 saturated heterocycles. The second kappa shape index (κ2) is 6.19. The summed E-state index contributed by atoms with van der Waals surface area (Å²) in [5.41, 5.74) is 1.04. The van der Waals surface area contributed by atoms with Gasteiger partial charge in [-0.3, -0.25) is 0 Å². The average Bonchev–Trinajstić information content (AvgIpc) is 3.09. The summed E-state index contributed by atoms with van der Waals surface area (Å²) in [6.45, 7) is 0. The van der Waals surface area contributed by atoms with Crippen LogP contribution in [0.4, 0.5) is 19.0 Å². The first-order valence-corrected chi connectivity index (χ1v) is 9.04. The lowest BCUT2D eigenvalue weighted by molar-refractivity contribution is -0.137. The van der Waals surface area contributed by atoms with Gasteiger partial charge in [0.05, 0.1) is 17.8 Å². The van der Waals surface area contributed by atoms with Crippen molar-refractivity contribution in [3.63, 3.8) is 0 Å². The minimum absolute atomic E-state index is 0.0854. The van der Waals surface area contributed by atoms with Gasteiger partial charge in [-0.1, -0.05) is 32.9 Å². The molecule has 0 amide bonds. The van der Waals surface area contributed by atoms with Crippen LogP contribution in [0.1, 0.15) is 11.1 Å². The van der Waals surface area contributed by atoms with Crippen molar-refractivity contribution < 1.29 is 13.2 Å². The number of nitrogens with zero attached hydrogens (tertiary/aromatic N) is 2. The first-order valence-electron chi connectivity index (χ1n) is 7.83. The fourth-order valence-electron chi connectivity index (χ4n) is 3.02. The number of rotatable bonds is 2. The van der Waals surface area contributed by atoms with Gasteiger partial charge in [0.25, 0.3) is 0 Å². The number of nitrogens with one attached hydrogen (secondary N) is 1. The molecular weight excluding hydrogens is 346 g/mol. The van der Waals surface area contributed by atoms with E-state index in [1.807, 2.05) is 24.4 Å². The molecule has 2 aliphatic rings. The fourth-order valence-corrected chi connectivity index (χ4v) is 4.26. The maximum Gasteiger partial charge on any atom is 0.416 e. The SMILES string of the molecule is FC(F)(F)c1cccc(C2=C(C3C=Cn4nccc4N3)C=CCP2)c1. The molecule has 3 heterocycles. The van der Waals surface area contributed by atoms with E-state index >= 15 is 0 Å². The maximum atomic E-state index is 13.1. The first-order chi connectivity index (χ1) is 12.0. The van der Waals surface area contributed by atoms with Crippen LogP contribution in [-0.2, 0) is 6.18 Å². The number of halogens is 3. The van der Waals surface area contributed by atoms with Gasteiger partial charge in [0.15, 0.2) is 0 Å². The van der Waals surface area contributed by atoms with E-state index in [9.17, 15) is 13.2 Å². The van der Waals surface area contributed by atoms with Crippen molar-refractivity contribution in [1.29, 1.82) is 0 Å². The maximum absolute atomic E-state index is 13.1. The van der Waals surface area contributed by atoms with Crippen molar-refractivity contribution in [2.24, 2.45) is 0 Å². The monoisotopic (exact) mass is 361 g/mol. The van der Waals surface area contributed by atoms with Crippen molar-refractivity contribution >= 4 is 25.9 Å². The van der Waals surface area contributed by atoms with E-state index in [4.69, 9.17) is 0 Å². The largest absolute Gasteiger partial charge is 0.416 e. The van der Waals surface area contributed by atoms with Crippen LogP contribution >= 0.6 is 8.58 Å². The van der Waals surface area contributed by atoms with E-state index in [-0.39, 0.29) is 6.04 Å². The minimum atomic E-state index is -4.33. The average molecular weight is 361 g/mol. The van der Waals surface area contributed by atoms with Crippen LogP contribution in [0.3, 0.4) is 0 Å². The number of fused-ring (bicyclic) bond motifs is 1. The Kier molecular flexibility index (Phi) is 4.00. The number of anilines is 1. The molecule has 0 fully saturated rings. The Labute approximate surface area is 144 Å². The van der Waals surface area contributed by atoms with Gasteiger partial charge < -0.3 is 5.32 Å². The molecule has 1 N–H and O–H groups in total. The topological polar surface area (TPSA) is 29.9 Å². The third kappa shape index (κ3) is 3.14. The third-order valence-electron chi connectivity index (χ3n) is 4.19. The van der Waals surface area contributed by atoms with Crippen molar-refractivity contribution in [2.45, 2.75) is 12.2 Å². The number of allylic oxidation sites excluding steroid dienone is 1. The highest BCUT2D eigenvalue weighted by Gasteiger charge is 2.31. The molecule has 2 unspecified atom stereocenters. The van der Waals surface area contributed by atoms with Gasteiger partial charge in [-0.2, -0.15) is 18.3 Å². The molecule has 128 valence electrons. The molecule has 0 aliphatic carbocycles. The van der Waals surface area contributed by atoms with Crippen LogP contribution in [0.2, 0.25) is 0 Å². The second-order valence-corrected chi connectivity index (χ2v) is 7.08. The Balaban J connectivity index is 1.75. The molecule has 0 saturated carbocycles. The number of alkyl halides is 3. The van der Waals surface area contributed by atoms with Gasteiger partial charge in [0.1, 0.15) is 5.82 Å². The minimum Gasteiger partial charge on any atom is -0.360 e. The summed E-state index contributed by atoms with van der Waals surface area (Å²) in [5, 5.41) is 8.52. The molecule has 0 spiro atoms. The van der Waals surface area contributed by atoms with Gasteiger partial charge in [0, 0.05) is 12.3 Å². The summed E-state index contributed by atoms with van der Waals surface area (Å²) in [7, 11) is 0.444. The highest BCUT2D eigenvalue weighted by atomic mass is 31.1. The molecule has 2 aliphatic heterocycles. The lowest BCUT2D eigenvalue weighted by atomic mass is 10.00. The van der Waals surface area contributed by atoms with Crippen LogP contribution in [0.25, 0.3) is 11.5 Å². The number of hydrogen-bond acceptors (Lipinski definition) is 2. The predicted octanol–water partition coefficient (Wildman–Crippen LogP) is 4.83. The number of benzene rings is 1. The molecule has 4 rings (SSSR count). The second-order valence-electron chi connectivity index (χ2n) is 5.82. The van der Waals surface area contributed by atoms with E-state index in [2.05, 4.69) is 16.5 Å². The molecular formula is C18H15F3N3P. The Morgan fingerprint density at radius 3 is 2.96 bits per heavy atom. The van der Waals surface area contributed by atoms with Crippen LogP contribution in [0.5, 0.6) is 0 Å². The van der Waals surface area contributed by atoms with E-state index in [0.717, 1.165) is 28.9 Å². The van der Waals surface area contributed by atoms with Crippen LogP contribution in [0.15, 0.2) is 60.3 Å². The summed E-state index contributed by atoms with van der Waals surface area (Å²) < 4.78 is 40.9. The fraction of sp³-hybridized carbons (Fsp3) is 0.167. The van der Waals surface area contributed by atoms with Crippen molar-refractivity contribution in [2.75, 3.05) is 11.5 Å². The number of aromatic nitrogens is 2. The van der Waals surface area contributed by atoms with Crippen molar-refractivity contribution in [1.82, 2.24) is 9.78 Å². The molecule has 1 aromatic heterocycles. The van der Waals surface area contributed by atoms with Gasteiger partial charge >= 0.3 is 6.18 Å². The zero-order chi connectivity index (χ0) is 17.4. The zero-order valence-corrected chi connectivity index (χ0v) is 14.1. The summed E-state index contributed by atoms with van der Waals surface area (Å²) in [4.78, 5) is 0. The normalized spacial score (nSPS) is 20.7. The number of hydrogen-bond donors (Lipinski definition) is 1. The third-order valence-corrected chi connectivity index (χ3v) is 5.56. The Bertz CT molecular complexity index is 893. The molecule has 1 aromatic carbocycles. The quantitative estimate of drug-likeness (QED) is 0.777. The predicted molar refractivity (Wildman–Crippen MR) is 95.7 cm³/mol. The van der Waals surface area contributed by atoms with Crippen molar-refractivity contribution in [3.8, 4) is 0 Å². The smallest absolute Gasteiger partial charge is 0.360 e. The summed E-state index contributed by atoms with van der Waals surface area (Å²) in [6.07, 6.45) is 6.16. The van der Waals surface area contributed by atoms with Gasteiger partial charge in [-0.05, 0) is 40.8 Å². The van der Waals surface area contributed by atoms with Crippen LogP contribution in [-0.4, -0.2) is 22.0 Å². The van der Waals surface area contributed by atoms with E-state index in [0.29, 0.717) is 14.1 Å². The summed E-state index contributed by atoms with van der Waals surface area (Å²) in [6, 6.07) is 7.38. The first kappa shape index (κ1) is 16.2. The van der Waals surface area contributed by atoms with E-state index in [1.165, 1.54) is 12.1 Å². The van der Waals surface area contributed by atoms with Gasteiger partial charge in [0.2, 0.25) is 0 Å². The summed E-state index contributed by atoms with van der Waals surface area (Å²) >= 11 is 0. The molecule has 7 heteroatoms. The van der Waals surface area contributed by atoms with Gasteiger partial charge in [-0.15, -0.1) is 0 Å². The molecule has 0 bridgehead atoms. The van der Waals surface area contributed by atoms with E-state index < -0.39 is 11.7 Å². The Morgan fingerprint density at radius 2 is 2.12 bits per heavy atom. The molecule has 25 heavy (non-hydrogen) atoms.